The highest BCUT2D eigenvalue weighted by Gasteiger charge is 2.20. The molecule has 170 valence electrons. The molecular formula is C24H21BrN2O5S. The predicted octanol–water partition coefficient (Wildman–Crippen LogP) is 5.19. The number of methoxy groups -OCH3 is 2. The second-order valence-corrected chi connectivity index (χ2v) is 9.27. The molecule has 0 aliphatic carbocycles. The summed E-state index contributed by atoms with van der Waals surface area (Å²) in [4.78, 5) is 13.2. The van der Waals surface area contributed by atoms with Crippen LogP contribution in [-0.4, -0.2) is 31.5 Å². The summed E-state index contributed by atoms with van der Waals surface area (Å²) in [6.45, 7) is 1.08. The van der Waals surface area contributed by atoms with Crippen LogP contribution in [0.4, 0.5) is 0 Å². The maximum atomic E-state index is 13.2. The van der Waals surface area contributed by atoms with Crippen molar-refractivity contribution in [2.75, 3.05) is 21.0 Å². The molecule has 0 radical (unpaired) electrons. The fourth-order valence-electron chi connectivity index (χ4n) is 3.85. The van der Waals surface area contributed by atoms with E-state index in [2.05, 4.69) is 21.2 Å². The minimum atomic E-state index is -0.155. The summed E-state index contributed by atoms with van der Waals surface area (Å²) >= 11 is 5.23. The molecule has 5 rings (SSSR count). The topological polar surface area (TPSA) is 71.0 Å². The molecule has 4 aromatic rings. The Morgan fingerprint density at radius 1 is 1.06 bits per heavy atom. The van der Waals surface area contributed by atoms with Crippen molar-refractivity contribution in [2.24, 2.45) is 0 Å². The molecule has 1 aliphatic rings. The number of nitrogens with one attached hydrogen (secondary N) is 1. The number of rotatable bonds is 7. The van der Waals surface area contributed by atoms with Gasteiger partial charge in [-0.1, -0.05) is 6.07 Å². The first-order valence-corrected chi connectivity index (χ1v) is 11.9. The van der Waals surface area contributed by atoms with Gasteiger partial charge < -0.3 is 28.8 Å². The zero-order valence-corrected chi connectivity index (χ0v) is 20.4. The lowest BCUT2D eigenvalue weighted by Gasteiger charge is -2.14. The lowest BCUT2D eigenvalue weighted by Crippen LogP contribution is -2.25. The Hall–Kier alpha value is -3.17. The van der Waals surface area contributed by atoms with Crippen molar-refractivity contribution in [2.45, 2.75) is 13.1 Å². The van der Waals surface area contributed by atoms with Gasteiger partial charge >= 0.3 is 0 Å². The number of ether oxygens (including phenoxy) is 4. The summed E-state index contributed by atoms with van der Waals surface area (Å²) in [6.07, 6.45) is 0. The first-order valence-electron chi connectivity index (χ1n) is 10.2. The Kier molecular flexibility index (Phi) is 5.90. The van der Waals surface area contributed by atoms with Crippen LogP contribution >= 0.6 is 27.3 Å². The molecule has 1 N–H and O–H groups in total. The molecule has 0 spiro atoms. The Bertz CT molecular complexity index is 1320. The highest BCUT2D eigenvalue weighted by molar-refractivity contribution is 9.10. The number of thiophene rings is 1. The van der Waals surface area contributed by atoms with E-state index in [0.717, 1.165) is 31.6 Å². The molecule has 0 saturated carbocycles. The third kappa shape index (κ3) is 4.26. The molecule has 2 aromatic carbocycles. The average molecular weight is 529 g/mol. The van der Waals surface area contributed by atoms with E-state index in [9.17, 15) is 4.79 Å². The number of carbonyl (C=O) groups excluding carboxylic acids is 1. The molecule has 0 atom stereocenters. The van der Waals surface area contributed by atoms with E-state index in [4.69, 9.17) is 18.9 Å². The maximum absolute atomic E-state index is 13.2. The second-order valence-electron chi connectivity index (χ2n) is 7.50. The molecule has 0 bridgehead atoms. The number of hydrogen-bond donors (Lipinski definition) is 1. The van der Waals surface area contributed by atoms with Crippen LogP contribution in [0.3, 0.4) is 0 Å². The molecule has 33 heavy (non-hydrogen) atoms. The van der Waals surface area contributed by atoms with E-state index >= 15 is 0 Å². The standard InChI is InChI=1S/C24H21BrN2O5S/c1-29-16-5-15(6-17(8-16)30-2)11-27-19(9-22-23(27)18(25)12-33-22)24(28)26-10-14-3-4-20-21(7-14)32-13-31-20/h3-9,12H,10-11,13H2,1-2H3,(H,26,28). The van der Waals surface area contributed by atoms with Gasteiger partial charge in [0.05, 0.1) is 28.9 Å². The van der Waals surface area contributed by atoms with Gasteiger partial charge in [-0.15, -0.1) is 11.3 Å². The molecular weight excluding hydrogens is 508 g/mol. The Morgan fingerprint density at radius 2 is 1.82 bits per heavy atom. The van der Waals surface area contributed by atoms with Gasteiger partial charge in [-0.05, 0) is 57.4 Å². The lowest BCUT2D eigenvalue weighted by atomic mass is 10.2. The van der Waals surface area contributed by atoms with Crippen molar-refractivity contribution >= 4 is 43.4 Å². The Labute approximate surface area is 203 Å². The lowest BCUT2D eigenvalue weighted by molar-refractivity contribution is 0.0942. The first kappa shape index (κ1) is 21.7. The number of benzene rings is 2. The van der Waals surface area contributed by atoms with Gasteiger partial charge in [0.1, 0.15) is 17.2 Å². The first-order chi connectivity index (χ1) is 16.1. The van der Waals surface area contributed by atoms with E-state index in [1.54, 1.807) is 25.6 Å². The van der Waals surface area contributed by atoms with Crippen LogP contribution in [0.25, 0.3) is 10.2 Å². The Balaban J connectivity index is 1.44. The van der Waals surface area contributed by atoms with Crippen LogP contribution in [0.2, 0.25) is 0 Å². The fraction of sp³-hybridized carbons (Fsp3) is 0.208. The maximum Gasteiger partial charge on any atom is 0.268 e. The van der Waals surface area contributed by atoms with Crippen molar-refractivity contribution in [1.29, 1.82) is 0 Å². The third-order valence-electron chi connectivity index (χ3n) is 5.45. The molecule has 0 saturated heterocycles. The predicted molar refractivity (Wildman–Crippen MR) is 130 cm³/mol. The second kappa shape index (κ2) is 8.99. The number of halogens is 1. The number of aromatic nitrogens is 1. The average Bonchev–Trinajstić information content (AvgIpc) is 3.54. The van der Waals surface area contributed by atoms with Gasteiger partial charge in [0.2, 0.25) is 6.79 Å². The van der Waals surface area contributed by atoms with Crippen molar-refractivity contribution in [3.8, 4) is 23.0 Å². The van der Waals surface area contributed by atoms with E-state index in [1.807, 2.05) is 52.4 Å². The van der Waals surface area contributed by atoms with Gasteiger partial charge in [0.25, 0.3) is 5.91 Å². The molecule has 9 heteroatoms. The Morgan fingerprint density at radius 3 is 2.58 bits per heavy atom. The van der Waals surface area contributed by atoms with Gasteiger partial charge in [0.15, 0.2) is 11.5 Å². The SMILES string of the molecule is COc1cc(Cn2c(C(=O)NCc3ccc4c(c3)OCO4)cc3scc(Br)c32)cc(OC)c1. The summed E-state index contributed by atoms with van der Waals surface area (Å²) in [5, 5.41) is 5.06. The number of carbonyl (C=O) groups is 1. The third-order valence-corrected chi connectivity index (χ3v) is 7.28. The highest BCUT2D eigenvalue weighted by atomic mass is 79.9. The summed E-state index contributed by atoms with van der Waals surface area (Å²) in [5.41, 5.74) is 3.47. The summed E-state index contributed by atoms with van der Waals surface area (Å²) < 4.78 is 25.6. The molecule has 1 amide bonds. The largest absolute Gasteiger partial charge is 0.497 e. The molecule has 3 heterocycles. The van der Waals surface area contributed by atoms with E-state index in [1.165, 1.54) is 0 Å². The quantitative estimate of drug-likeness (QED) is 0.357. The minimum absolute atomic E-state index is 0.155. The van der Waals surface area contributed by atoms with Crippen LogP contribution < -0.4 is 24.3 Å². The highest BCUT2D eigenvalue weighted by Crippen LogP contribution is 2.35. The van der Waals surface area contributed by atoms with Crippen molar-refractivity contribution in [3.05, 3.63) is 69.1 Å². The van der Waals surface area contributed by atoms with Crippen LogP contribution in [0, 0.1) is 0 Å². The van der Waals surface area contributed by atoms with E-state index in [0.29, 0.717) is 36.0 Å². The number of hydrogen-bond acceptors (Lipinski definition) is 6. The van der Waals surface area contributed by atoms with Gasteiger partial charge in [-0.3, -0.25) is 4.79 Å². The molecule has 2 aromatic heterocycles. The molecule has 0 fully saturated rings. The molecule has 0 unspecified atom stereocenters. The number of amides is 1. The van der Waals surface area contributed by atoms with E-state index in [-0.39, 0.29) is 12.7 Å². The zero-order chi connectivity index (χ0) is 22.9. The summed E-state index contributed by atoms with van der Waals surface area (Å²) in [6, 6.07) is 13.3. The van der Waals surface area contributed by atoms with Crippen LogP contribution in [0.5, 0.6) is 23.0 Å². The number of nitrogens with zero attached hydrogens (tertiary/aromatic N) is 1. The number of fused-ring (bicyclic) bond motifs is 2. The van der Waals surface area contributed by atoms with Gasteiger partial charge in [-0.25, -0.2) is 0 Å². The van der Waals surface area contributed by atoms with Crippen molar-refractivity contribution in [3.63, 3.8) is 0 Å². The van der Waals surface area contributed by atoms with Crippen LogP contribution in [0.15, 0.2) is 52.3 Å². The summed E-state index contributed by atoms with van der Waals surface area (Å²) in [7, 11) is 3.24. The van der Waals surface area contributed by atoms with Crippen LogP contribution in [-0.2, 0) is 13.1 Å². The zero-order valence-electron chi connectivity index (χ0n) is 18.0. The van der Waals surface area contributed by atoms with E-state index < -0.39 is 0 Å². The monoisotopic (exact) mass is 528 g/mol. The van der Waals surface area contributed by atoms with Crippen molar-refractivity contribution < 1.29 is 23.7 Å². The minimum Gasteiger partial charge on any atom is -0.497 e. The normalized spacial score (nSPS) is 12.2. The van der Waals surface area contributed by atoms with Crippen LogP contribution in [0.1, 0.15) is 21.6 Å². The molecule has 7 nitrogen and oxygen atoms in total. The van der Waals surface area contributed by atoms with Crippen molar-refractivity contribution in [1.82, 2.24) is 9.88 Å². The summed E-state index contributed by atoms with van der Waals surface area (Å²) in [5.74, 6) is 2.66. The smallest absolute Gasteiger partial charge is 0.268 e. The molecule has 1 aliphatic heterocycles. The van der Waals surface area contributed by atoms with Gasteiger partial charge in [0, 0.05) is 24.5 Å². The van der Waals surface area contributed by atoms with Gasteiger partial charge in [-0.2, -0.15) is 0 Å². The fourth-order valence-corrected chi connectivity index (χ4v) is 5.54.